The van der Waals surface area contributed by atoms with Gasteiger partial charge in [-0.1, -0.05) is 51.4 Å². The fourth-order valence-electron chi connectivity index (χ4n) is 2.93. The highest BCUT2D eigenvalue weighted by Gasteiger charge is 2.25. The Morgan fingerprint density at radius 1 is 0.594 bits per heavy atom. The molecule has 2 N–H and O–H groups in total. The molecule has 8 heteroatoms. The Bertz CT molecular complexity index is 506. The summed E-state index contributed by atoms with van der Waals surface area (Å²) >= 11 is 0. The highest BCUT2D eigenvalue weighted by Crippen LogP contribution is 2.24. The van der Waals surface area contributed by atoms with Crippen LogP contribution in [0.3, 0.4) is 0 Å². The van der Waals surface area contributed by atoms with Crippen molar-refractivity contribution >= 4 is 23.9 Å². The van der Waals surface area contributed by atoms with Crippen molar-refractivity contribution in [2.75, 3.05) is 14.2 Å². The summed E-state index contributed by atoms with van der Waals surface area (Å²) in [4.78, 5) is 42.6. The molecule has 0 atom stereocenters. The van der Waals surface area contributed by atoms with Gasteiger partial charge < -0.3 is 19.7 Å². The van der Waals surface area contributed by atoms with Gasteiger partial charge in [0.25, 0.3) is 0 Å². The van der Waals surface area contributed by atoms with Crippen molar-refractivity contribution in [3.05, 3.63) is 0 Å². The van der Waals surface area contributed by atoms with Crippen molar-refractivity contribution in [3.8, 4) is 0 Å². The van der Waals surface area contributed by atoms with Crippen LogP contribution >= 0.6 is 0 Å². The van der Waals surface area contributed by atoms with E-state index in [1.54, 1.807) is 13.8 Å². The van der Waals surface area contributed by atoms with Crippen LogP contribution in [0.25, 0.3) is 0 Å². The van der Waals surface area contributed by atoms with E-state index in [-0.39, 0.29) is 18.4 Å². The third kappa shape index (κ3) is 22.6. The van der Waals surface area contributed by atoms with Gasteiger partial charge in [0, 0.05) is 19.3 Å². The van der Waals surface area contributed by atoms with Crippen LogP contribution in [0.5, 0.6) is 0 Å². The van der Waals surface area contributed by atoms with E-state index in [2.05, 4.69) is 9.47 Å². The Kier molecular flexibility index (Phi) is 20.8. The molecule has 0 radical (unpaired) electrons. The molecule has 188 valence electrons. The predicted molar refractivity (Wildman–Crippen MR) is 122 cm³/mol. The van der Waals surface area contributed by atoms with E-state index in [1.807, 2.05) is 0 Å². The molecule has 0 aromatic carbocycles. The first-order valence-corrected chi connectivity index (χ1v) is 11.7. The van der Waals surface area contributed by atoms with Gasteiger partial charge in [-0.25, -0.2) is 0 Å². The van der Waals surface area contributed by atoms with Crippen LogP contribution < -0.4 is 0 Å². The summed E-state index contributed by atoms with van der Waals surface area (Å²) in [5.74, 6) is -1.76. The Morgan fingerprint density at radius 2 is 0.938 bits per heavy atom. The van der Waals surface area contributed by atoms with E-state index >= 15 is 0 Å². The van der Waals surface area contributed by atoms with Crippen molar-refractivity contribution in [2.45, 2.75) is 110 Å². The SMILES string of the molecule is CC(C)(CCCCCCCC(=O)O)C(=O)O.COC(=O)CCCCCCCCC(=O)OC. The second-order valence-electron chi connectivity index (χ2n) is 8.62. The largest absolute Gasteiger partial charge is 0.481 e. The summed E-state index contributed by atoms with van der Waals surface area (Å²) in [5.41, 5.74) is -0.638. The molecule has 32 heavy (non-hydrogen) atoms. The second kappa shape index (κ2) is 20.8. The number of rotatable bonds is 18. The topological polar surface area (TPSA) is 127 Å². The van der Waals surface area contributed by atoms with Crippen molar-refractivity contribution in [1.82, 2.24) is 0 Å². The molecule has 0 aromatic heterocycles. The minimum atomic E-state index is -0.752. The monoisotopic (exact) mass is 460 g/mol. The van der Waals surface area contributed by atoms with Crippen molar-refractivity contribution < 1.29 is 38.9 Å². The summed E-state index contributed by atoms with van der Waals surface area (Å²) in [7, 11) is 2.82. The molecule has 0 saturated heterocycles. The molecule has 8 nitrogen and oxygen atoms in total. The van der Waals surface area contributed by atoms with Gasteiger partial charge in [0.1, 0.15) is 0 Å². The third-order valence-electron chi connectivity index (χ3n) is 5.24. The lowest BCUT2D eigenvalue weighted by molar-refractivity contribution is -0.147. The number of carboxylic acids is 2. The number of hydrogen-bond acceptors (Lipinski definition) is 6. The van der Waals surface area contributed by atoms with E-state index in [4.69, 9.17) is 10.2 Å². The second-order valence-corrected chi connectivity index (χ2v) is 8.62. The van der Waals surface area contributed by atoms with Gasteiger partial charge in [-0.15, -0.1) is 0 Å². The lowest BCUT2D eigenvalue weighted by Crippen LogP contribution is -2.23. The number of carbonyl (C=O) groups excluding carboxylic acids is 2. The standard InChI is InChI=1S/2C12H22O4/c1-12(2,11(15)16)9-7-5-3-4-6-8-10(13)14;1-15-11(13)9-7-5-3-4-6-8-10-12(14)16-2/h3-9H2,1-2H3,(H,13,14)(H,15,16);3-10H2,1-2H3. The van der Waals surface area contributed by atoms with Gasteiger partial charge in [0.15, 0.2) is 0 Å². The number of aliphatic carboxylic acids is 2. The number of carboxylic acid groups (broad SMARTS) is 2. The first-order valence-electron chi connectivity index (χ1n) is 11.7. The molecule has 0 saturated carbocycles. The number of ether oxygens (including phenoxy) is 2. The molecular formula is C24H44O8. The van der Waals surface area contributed by atoms with Gasteiger partial charge in [0.05, 0.1) is 19.6 Å². The highest BCUT2D eigenvalue weighted by molar-refractivity contribution is 5.73. The number of methoxy groups -OCH3 is 2. The van der Waals surface area contributed by atoms with E-state index in [1.165, 1.54) is 14.2 Å². The quantitative estimate of drug-likeness (QED) is 0.206. The molecule has 0 unspecified atom stereocenters. The van der Waals surface area contributed by atoms with Crippen LogP contribution in [0, 0.1) is 5.41 Å². The maximum atomic E-state index is 10.8. The maximum absolute atomic E-state index is 10.8. The van der Waals surface area contributed by atoms with Crippen LogP contribution in [0.2, 0.25) is 0 Å². The minimum absolute atomic E-state index is 0.134. The number of unbranched alkanes of at least 4 members (excludes halogenated alkanes) is 9. The summed E-state index contributed by atoms with van der Waals surface area (Å²) < 4.78 is 9.09. The molecule has 0 rings (SSSR count). The molecule has 0 bridgehead atoms. The number of carbonyl (C=O) groups is 4. The Morgan fingerprint density at radius 3 is 1.28 bits per heavy atom. The number of hydrogen-bond donors (Lipinski definition) is 2. The Balaban J connectivity index is 0. The Labute approximate surface area is 193 Å². The maximum Gasteiger partial charge on any atom is 0.309 e. The van der Waals surface area contributed by atoms with Crippen LogP contribution in [-0.2, 0) is 28.7 Å². The smallest absolute Gasteiger partial charge is 0.309 e. The zero-order chi connectivity index (χ0) is 24.8. The summed E-state index contributed by atoms with van der Waals surface area (Å²) in [5, 5.41) is 17.3. The predicted octanol–water partition coefficient (Wildman–Crippen LogP) is 5.37. The van der Waals surface area contributed by atoms with Crippen LogP contribution in [0.1, 0.15) is 110 Å². The normalized spacial score (nSPS) is 10.6. The summed E-state index contributed by atoms with van der Waals surface area (Å²) in [6, 6.07) is 0. The molecule has 0 aliphatic heterocycles. The highest BCUT2D eigenvalue weighted by atomic mass is 16.5. The molecular weight excluding hydrogens is 416 g/mol. The fraction of sp³-hybridized carbons (Fsp3) is 0.833. The first-order chi connectivity index (χ1) is 15.1. The van der Waals surface area contributed by atoms with Gasteiger partial charge in [0.2, 0.25) is 0 Å². The number of esters is 2. The zero-order valence-electron chi connectivity index (χ0n) is 20.5. The van der Waals surface area contributed by atoms with Crippen LogP contribution in [0.4, 0.5) is 0 Å². The average Bonchev–Trinajstić information content (AvgIpc) is 2.74. The van der Waals surface area contributed by atoms with Gasteiger partial charge in [-0.3, -0.25) is 19.2 Å². The lowest BCUT2D eigenvalue weighted by atomic mass is 9.87. The van der Waals surface area contributed by atoms with Gasteiger partial charge >= 0.3 is 23.9 Å². The molecule has 0 amide bonds. The molecule has 0 spiro atoms. The molecule has 0 aliphatic carbocycles. The molecule has 0 fully saturated rings. The van der Waals surface area contributed by atoms with Crippen molar-refractivity contribution in [1.29, 1.82) is 0 Å². The first kappa shape index (κ1) is 32.1. The Hall–Kier alpha value is -2.12. The van der Waals surface area contributed by atoms with E-state index in [0.29, 0.717) is 19.3 Å². The molecule has 0 heterocycles. The van der Waals surface area contributed by atoms with Crippen molar-refractivity contribution in [2.24, 2.45) is 5.41 Å². The van der Waals surface area contributed by atoms with Crippen LogP contribution in [0.15, 0.2) is 0 Å². The third-order valence-corrected chi connectivity index (χ3v) is 5.24. The lowest BCUT2D eigenvalue weighted by Gasteiger charge is -2.18. The minimum Gasteiger partial charge on any atom is -0.481 e. The summed E-state index contributed by atoms with van der Waals surface area (Å²) in [6.45, 7) is 3.47. The molecule has 0 aromatic rings. The summed E-state index contributed by atoms with van der Waals surface area (Å²) in [6.07, 6.45) is 12.5. The molecule has 0 aliphatic rings. The fourth-order valence-corrected chi connectivity index (χ4v) is 2.93. The van der Waals surface area contributed by atoms with E-state index < -0.39 is 17.4 Å². The van der Waals surface area contributed by atoms with Crippen molar-refractivity contribution in [3.63, 3.8) is 0 Å². The van der Waals surface area contributed by atoms with E-state index in [9.17, 15) is 19.2 Å². The van der Waals surface area contributed by atoms with Gasteiger partial charge in [-0.2, -0.15) is 0 Å². The zero-order valence-corrected chi connectivity index (χ0v) is 20.5. The van der Waals surface area contributed by atoms with Crippen LogP contribution in [-0.4, -0.2) is 48.3 Å². The average molecular weight is 461 g/mol. The van der Waals surface area contributed by atoms with Gasteiger partial charge in [-0.05, 0) is 39.5 Å². The van der Waals surface area contributed by atoms with E-state index in [0.717, 1.165) is 70.6 Å².